The monoisotopic (exact) mass is 435 g/mol. The van der Waals surface area contributed by atoms with Crippen LogP contribution in [0.25, 0.3) is 0 Å². The molecule has 0 aliphatic carbocycles. The molecule has 3 rings (SSSR count). The highest BCUT2D eigenvalue weighted by molar-refractivity contribution is 6.30. The lowest BCUT2D eigenvalue weighted by Gasteiger charge is -2.31. The first kappa shape index (κ1) is 23.3. The van der Waals surface area contributed by atoms with E-state index in [9.17, 15) is 9.59 Å². The molecule has 1 aliphatic rings. The Bertz CT molecular complexity index is 776. The molecule has 1 atom stereocenters. The van der Waals surface area contributed by atoms with Gasteiger partial charge in [0.05, 0.1) is 12.2 Å². The normalized spacial score (nSPS) is 16.4. The number of hydrogen-bond donors (Lipinski definition) is 1. The molecule has 2 heterocycles. The van der Waals surface area contributed by atoms with Crippen molar-refractivity contribution in [2.75, 3.05) is 13.1 Å². The maximum atomic E-state index is 13.1. The van der Waals surface area contributed by atoms with Crippen LogP contribution in [0.1, 0.15) is 48.2 Å². The third-order valence-corrected chi connectivity index (χ3v) is 5.35. The van der Waals surface area contributed by atoms with Gasteiger partial charge in [-0.05, 0) is 68.8 Å². The number of nitrogens with one attached hydrogen (secondary N) is 1. The summed E-state index contributed by atoms with van der Waals surface area (Å²) >= 11 is 5.88. The summed E-state index contributed by atoms with van der Waals surface area (Å²) < 4.78 is 0. The van der Waals surface area contributed by atoms with Gasteiger partial charge in [0.1, 0.15) is 0 Å². The lowest BCUT2D eigenvalue weighted by molar-refractivity contribution is -0.134. The Kier molecular flexibility index (Phi) is 9.58. The molecule has 0 spiro atoms. The molecule has 1 aliphatic heterocycles. The molecule has 5 nitrogen and oxygen atoms in total. The smallest absolute Gasteiger partial charge is 0.223 e. The summed E-state index contributed by atoms with van der Waals surface area (Å²) in [5.74, 6) is -0.0230. The van der Waals surface area contributed by atoms with Crippen LogP contribution < -0.4 is 5.32 Å². The van der Waals surface area contributed by atoms with Gasteiger partial charge in [-0.2, -0.15) is 0 Å². The third-order valence-electron chi connectivity index (χ3n) is 5.10. The van der Waals surface area contributed by atoms with Gasteiger partial charge in [0.2, 0.25) is 5.91 Å². The van der Waals surface area contributed by atoms with Crippen molar-refractivity contribution in [3.8, 4) is 0 Å². The van der Waals surface area contributed by atoms with Crippen molar-refractivity contribution in [2.24, 2.45) is 0 Å². The fourth-order valence-corrected chi connectivity index (χ4v) is 3.67. The predicted octanol–water partition coefficient (Wildman–Crippen LogP) is 4.29. The Morgan fingerprint density at radius 1 is 1.07 bits per heavy atom. The lowest BCUT2D eigenvalue weighted by atomic mass is 10.0. The van der Waals surface area contributed by atoms with Gasteiger partial charge in [-0.3, -0.25) is 14.6 Å². The number of carbonyl (C=O) groups is 2. The molecule has 1 amide bonds. The third kappa shape index (κ3) is 7.11. The first-order chi connectivity index (χ1) is 13.6. The molecular weight excluding hydrogens is 409 g/mol. The van der Waals surface area contributed by atoms with E-state index in [1.165, 1.54) is 0 Å². The minimum atomic E-state index is -0.0367. The Hall–Kier alpha value is -1.95. The highest BCUT2D eigenvalue weighted by Crippen LogP contribution is 2.19. The Morgan fingerprint density at radius 2 is 1.86 bits per heavy atom. The van der Waals surface area contributed by atoms with Crippen LogP contribution in [-0.4, -0.2) is 40.7 Å². The maximum absolute atomic E-state index is 13.1. The van der Waals surface area contributed by atoms with E-state index in [4.69, 9.17) is 11.6 Å². The van der Waals surface area contributed by atoms with Crippen LogP contribution in [0, 0.1) is 0 Å². The van der Waals surface area contributed by atoms with Crippen molar-refractivity contribution in [3.05, 3.63) is 64.9 Å². The standard InChI is InChI=1S/C22H26ClN3O2.ClH/c23-18-8-6-17(7-9-18)21(27)10-11-22(28)26(16-19-4-1-2-14-25-19)20-5-3-13-24-15-12-20;/h1-2,4,6-9,14,20,24H,3,5,10-13,15-16H2;1H. The van der Waals surface area contributed by atoms with Crippen molar-refractivity contribution in [1.82, 2.24) is 15.2 Å². The first-order valence-electron chi connectivity index (χ1n) is 9.82. The molecule has 29 heavy (non-hydrogen) atoms. The SMILES string of the molecule is Cl.O=C(CCC(=O)N(Cc1ccccn1)C1CCCNCC1)c1ccc(Cl)cc1. The number of ketones is 1. The fraction of sp³-hybridized carbons (Fsp3) is 0.409. The zero-order chi connectivity index (χ0) is 19.8. The Labute approximate surface area is 183 Å². The van der Waals surface area contributed by atoms with Gasteiger partial charge in [-0.1, -0.05) is 17.7 Å². The van der Waals surface area contributed by atoms with Crippen molar-refractivity contribution in [3.63, 3.8) is 0 Å². The van der Waals surface area contributed by atoms with Crippen molar-refractivity contribution < 1.29 is 9.59 Å². The number of carbonyl (C=O) groups excluding carboxylic acids is 2. The summed E-state index contributed by atoms with van der Waals surface area (Å²) in [4.78, 5) is 31.8. The summed E-state index contributed by atoms with van der Waals surface area (Å²) in [5, 5.41) is 3.99. The predicted molar refractivity (Wildman–Crippen MR) is 118 cm³/mol. The number of hydrogen-bond acceptors (Lipinski definition) is 4. The van der Waals surface area contributed by atoms with E-state index < -0.39 is 0 Å². The second kappa shape index (κ2) is 11.9. The Morgan fingerprint density at radius 3 is 2.59 bits per heavy atom. The van der Waals surface area contributed by atoms with Crippen LogP contribution in [0.3, 0.4) is 0 Å². The van der Waals surface area contributed by atoms with E-state index in [0.717, 1.165) is 38.0 Å². The zero-order valence-corrected chi connectivity index (χ0v) is 17.9. The molecule has 7 heteroatoms. The highest BCUT2D eigenvalue weighted by atomic mass is 35.5. The van der Waals surface area contributed by atoms with E-state index >= 15 is 0 Å². The summed E-state index contributed by atoms with van der Waals surface area (Å²) in [6.45, 7) is 2.37. The Balaban J connectivity index is 0.00000300. The average molecular weight is 436 g/mol. The van der Waals surface area contributed by atoms with Crippen molar-refractivity contribution >= 4 is 35.7 Å². The molecule has 1 N–H and O–H groups in total. The van der Waals surface area contributed by atoms with Gasteiger partial charge in [0.15, 0.2) is 5.78 Å². The summed E-state index contributed by atoms with van der Waals surface area (Å²) in [5.41, 5.74) is 1.46. The summed E-state index contributed by atoms with van der Waals surface area (Å²) in [6, 6.07) is 12.7. The molecule has 0 saturated carbocycles. The molecule has 0 bridgehead atoms. The van der Waals surface area contributed by atoms with Crippen LogP contribution in [0.15, 0.2) is 48.7 Å². The van der Waals surface area contributed by atoms with Crippen LogP contribution in [-0.2, 0) is 11.3 Å². The molecule has 1 fully saturated rings. The lowest BCUT2D eigenvalue weighted by Crippen LogP contribution is -2.40. The van der Waals surface area contributed by atoms with Crippen LogP contribution in [0.4, 0.5) is 0 Å². The second-order valence-electron chi connectivity index (χ2n) is 7.11. The van der Waals surface area contributed by atoms with Crippen LogP contribution >= 0.6 is 24.0 Å². The zero-order valence-electron chi connectivity index (χ0n) is 16.4. The quantitative estimate of drug-likeness (QED) is 0.658. The minimum Gasteiger partial charge on any atom is -0.334 e. The molecule has 1 aromatic carbocycles. The number of aromatic nitrogens is 1. The van der Waals surface area contributed by atoms with Gasteiger partial charge < -0.3 is 10.2 Å². The second-order valence-corrected chi connectivity index (χ2v) is 7.54. The number of amides is 1. The number of benzene rings is 1. The van der Waals surface area contributed by atoms with E-state index in [1.54, 1.807) is 30.5 Å². The molecule has 1 aromatic heterocycles. The van der Waals surface area contributed by atoms with Gasteiger partial charge in [-0.15, -0.1) is 12.4 Å². The van der Waals surface area contributed by atoms with Crippen molar-refractivity contribution in [1.29, 1.82) is 0 Å². The highest BCUT2D eigenvalue weighted by Gasteiger charge is 2.25. The molecule has 0 radical (unpaired) electrons. The van der Waals surface area contributed by atoms with E-state index in [0.29, 0.717) is 17.1 Å². The molecule has 1 saturated heterocycles. The first-order valence-corrected chi connectivity index (χ1v) is 10.2. The van der Waals surface area contributed by atoms with E-state index in [-0.39, 0.29) is 43.0 Å². The van der Waals surface area contributed by atoms with E-state index in [1.807, 2.05) is 23.1 Å². The van der Waals surface area contributed by atoms with Crippen LogP contribution in [0.2, 0.25) is 5.02 Å². The number of nitrogens with zero attached hydrogens (tertiary/aromatic N) is 2. The summed E-state index contributed by atoms with van der Waals surface area (Å²) in [7, 11) is 0. The number of rotatable bonds is 7. The maximum Gasteiger partial charge on any atom is 0.223 e. The molecule has 1 unspecified atom stereocenters. The number of Topliss-reactive ketones (excluding diaryl/α,β-unsaturated/α-hetero) is 1. The largest absolute Gasteiger partial charge is 0.334 e. The summed E-state index contributed by atoms with van der Waals surface area (Å²) in [6.07, 6.45) is 5.08. The van der Waals surface area contributed by atoms with Gasteiger partial charge in [-0.25, -0.2) is 0 Å². The van der Waals surface area contributed by atoms with Gasteiger partial charge >= 0.3 is 0 Å². The minimum absolute atomic E-state index is 0. The molecule has 2 aromatic rings. The van der Waals surface area contributed by atoms with Gasteiger partial charge in [0, 0.05) is 35.7 Å². The van der Waals surface area contributed by atoms with Gasteiger partial charge in [0.25, 0.3) is 0 Å². The van der Waals surface area contributed by atoms with E-state index in [2.05, 4.69) is 10.3 Å². The number of halogens is 2. The molecule has 156 valence electrons. The topological polar surface area (TPSA) is 62.3 Å². The number of pyridine rings is 1. The van der Waals surface area contributed by atoms with Crippen molar-refractivity contribution in [2.45, 2.75) is 44.7 Å². The van der Waals surface area contributed by atoms with Crippen LogP contribution in [0.5, 0.6) is 0 Å². The fourth-order valence-electron chi connectivity index (χ4n) is 3.54. The molecular formula is C22H27Cl2N3O2. The average Bonchev–Trinajstić information content (AvgIpc) is 3.00.